The number of aryl methyl sites for hydroxylation is 1. The Kier molecular flexibility index (Phi) is 11.4. The Morgan fingerprint density at radius 3 is 1.81 bits per heavy atom. The molecule has 0 fully saturated rings. The van der Waals surface area contributed by atoms with E-state index in [-0.39, 0.29) is 5.97 Å². The van der Waals surface area contributed by atoms with E-state index in [2.05, 4.69) is 37.5 Å². The van der Waals surface area contributed by atoms with Gasteiger partial charge in [-0.25, -0.2) is 4.79 Å². The summed E-state index contributed by atoms with van der Waals surface area (Å²) in [6, 6.07) is 23.0. The van der Waals surface area contributed by atoms with Crippen LogP contribution in [0.5, 0.6) is 5.75 Å². The van der Waals surface area contributed by atoms with Crippen LogP contribution in [0, 0.1) is 23.7 Å². The van der Waals surface area contributed by atoms with Crippen LogP contribution in [0.2, 0.25) is 0 Å². The van der Waals surface area contributed by atoms with Crippen LogP contribution in [-0.4, -0.2) is 5.97 Å². The van der Waals surface area contributed by atoms with Crippen molar-refractivity contribution in [2.75, 3.05) is 0 Å². The summed E-state index contributed by atoms with van der Waals surface area (Å²) < 4.78 is 5.54. The molecule has 0 saturated carbocycles. The molecule has 3 aromatic carbocycles. The predicted molar refractivity (Wildman–Crippen MR) is 149 cm³/mol. The van der Waals surface area contributed by atoms with Gasteiger partial charge in [-0.2, -0.15) is 0 Å². The second kappa shape index (κ2) is 15.3. The lowest BCUT2D eigenvalue weighted by molar-refractivity contribution is 0.0734. The summed E-state index contributed by atoms with van der Waals surface area (Å²) in [6.45, 7) is 4.40. The number of benzene rings is 3. The molecule has 0 radical (unpaired) electrons. The molecule has 0 heterocycles. The molecule has 3 rings (SSSR count). The molecule has 0 aromatic heterocycles. The highest BCUT2D eigenvalue weighted by Gasteiger charge is 2.08. The van der Waals surface area contributed by atoms with E-state index < -0.39 is 0 Å². The van der Waals surface area contributed by atoms with Gasteiger partial charge in [0.1, 0.15) is 5.75 Å². The van der Waals surface area contributed by atoms with E-state index in [0.29, 0.717) is 11.3 Å². The van der Waals surface area contributed by atoms with Gasteiger partial charge in [0.2, 0.25) is 0 Å². The highest BCUT2D eigenvalue weighted by atomic mass is 16.5. The molecule has 3 aromatic rings. The molecule has 2 nitrogen and oxygen atoms in total. The number of rotatable bonds is 10. The fourth-order valence-electron chi connectivity index (χ4n) is 3.72. The molecule has 0 aliphatic carbocycles. The van der Waals surface area contributed by atoms with Crippen molar-refractivity contribution >= 4 is 5.97 Å². The number of carbonyl (C=O) groups is 1. The molecule has 0 bridgehead atoms. The Morgan fingerprint density at radius 2 is 1.19 bits per heavy atom. The average molecular weight is 477 g/mol. The third-order valence-electron chi connectivity index (χ3n) is 5.95. The third-order valence-corrected chi connectivity index (χ3v) is 5.95. The van der Waals surface area contributed by atoms with Gasteiger partial charge in [-0.1, -0.05) is 81.8 Å². The van der Waals surface area contributed by atoms with E-state index in [1.165, 1.54) is 44.1 Å². The van der Waals surface area contributed by atoms with Gasteiger partial charge in [-0.3, -0.25) is 0 Å². The summed E-state index contributed by atoms with van der Waals surface area (Å²) in [6.07, 6.45) is 10.6. The fourth-order valence-corrected chi connectivity index (χ4v) is 3.72. The maximum atomic E-state index is 12.5. The monoisotopic (exact) mass is 476 g/mol. The van der Waals surface area contributed by atoms with Gasteiger partial charge >= 0.3 is 5.97 Å². The van der Waals surface area contributed by atoms with Crippen LogP contribution in [0.3, 0.4) is 0 Å². The normalized spacial score (nSPS) is 10.1. The van der Waals surface area contributed by atoms with Crippen molar-refractivity contribution < 1.29 is 9.53 Å². The Hall–Kier alpha value is -3.75. The van der Waals surface area contributed by atoms with Crippen LogP contribution in [-0.2, 0) is 6.42 Å². The van der Waals surface area contributed by atoms with Crippen LogP contribution < -0.4 is 4.74 Å². The molecule has 184 valence electrons. The first-order valence-corrected chi connectivity index (χ1v) is 13.2. The number of ether oxygens (including phenoxy) is 1. The number of hydrogen-bond donors (Lipinski definition) is 0. The van der Waals surface area contributed by atoms with Crippen molar-refractivity contribution in [3.05, 3.63) is 101 Å². The second-order valence-corrected chi connectivity index (χ2v) is 9.01. The lowest BCUT2D eigenvalue weighted by Crippen LogP contribution is -2.08. The van der Waals surface area contributed by atoms with Crippen LogP contribution in [0.25, 0.3) is 0 Å². The molecule has 0 N–H and O–H groups in total. The van der Waals surface area contributed by atoms with Crippen molar-refractivity contribution in [1.29, 1.82) is 0 Å². The van der Waals surface area contributed by atoms with E-state index in [4.69, 9.17) is 4.74 Å². The highest BCUT2D eigenvalue weighted by Crippen LogP contribution is 2.16. The average Bonchev–Trinajstić information content (AvgIpc) is 2.91. The van der Waals surface area contributed by atoms with E-state index in [9.17, 15) is 4.79 Å². The van der Waals surface area contributed by atoms with Crippen molar-refractivity contribution in [3.8, 4) is 29.4 Å². The standard InChI is InChI=1S/C34H36O2/c1-3-5-7-9-11-13-29-20-24-32(25-21-29)34(35)36-33-26-22-31(23-27-33)19-18-30-16-14-28(15-17-30)12-10-8-6-4-2/h14-17,20-27H,3-9,11,13H2,1-2H3. The highest BCUT2D eigenvalue weighted by molar-refractivity contribution is 5.91. The Morgan fingerprint density at radius 1 is 0.639 bits per heavy atom. The van der Waals surface area contributed by atoms with Crippen LogP contribution in [0.15, 0.2) is 72.8 Å². The maximum Gasteiger partial charge on any atom is 0.343 e. The van der Waals surface area contributed by atoms with Crippen LogP contribution >= 0.6 is 0 Å². The van der Waals surface area contributed by atoms with Crippen LogP contribution in [0.1, 0.15) is 97.8 Å². The molecular formula is C34H36O2. The first kappa shape index (κ1) is 26.8. The third kappa shape index (κ3) is 9.48. The summed E-state index contributed by atoms with van der Waals surface area (Å²) in [4.78, 5) is 12.5. The lowest BCUT2D eigenvalue weighted by Gasteiger charge is -2.06. The first-order chi connectivity index (χ1) is 17.7. The van der Waals surface area contributed by atoms with Crippen LogP contribution in [0.4, 0.5) is 0 Å². The smallest absolute Gasteiger partial charge is 0.343 e. The molecule has 0 unspecified atom stereocenters. The van der Waals surface area contributed by atoms with E-state index >= 15 is 0 Å². The summed E-state index contributed by atoms with van der Waals surface area (Å²) >= 11 is 0. The van der Waals surface area contributed by atoms with Crippen molar-refractivity contribution in [2.24, 2.45) is 0 Å². The summed E-state index contributed by atoms with van der Waals surface area (Å²) in [7, 11) is 0. The minimum absolute atomic E-state index is 0.346. The van der Waals surface area contributed by atoms with Gasteiger partial charge < -0.3 is 4.74 Å². The number of unbranched alkanes of at least 4 members (excludes halogenated alkanes) is 6. The quantitative estimate of drug-likeness (QED) is 0.127. The van der Waals surface area contributed by atoms with Gasteiger partial charge in [0.15, 0.2) is 0 Å². The van der Waals surface area contributed by atoms with E-state index in [1.807, 2.05) is 60.7 Å². The lowest BCUT2D eigenvalue weighted by atomic mass is 10.0. The summed E-state index contributed by atoms with van der Waals surface area (Å²) in [5.41, 5.74) is 4.64. The molecule has 0 aliphatic rings. The SMILES string of the molecule is CCCCC#Cc1ccc(C#Cc2ccc(OC(=O)c3ccc(CCCCCCC)cc3)cc2)cc1. The minimum Gasteiger partial charge on any atom is -0.423 e. The predicted octanol–water partition coefficient (Wildman–Crippen LogP) is 8.36. The second-order valence-electron chi connectivity index (χ2n) is 9.01. The zero-order valence-electron chi connectivity index (χ0n) is 21.6. The van der Waals surface area contributed by atoms with Gasteiger partial charge in [-0.15, -0.1) is 0 Å². The molecule has 2 heteroatoms. The number of esters is 1. The molecule has 36 heavy (non-hydrogen) atoms. The van der Waals surface area contributed by atoms with Crippen molar-refractivity contribution in [1.82, 2.24) is 0 Å². The van der Waals surface area contributed by atoms with Gasteiger partial charge in [0.05, 0.1) is 5.56 Å². The van der Waals surface area contributed by atoms with Gasteiger partial charge in [0.25, 0.3) is 0 Å². The van der Waals surface area contributed by atoms with Crippen molar-refractivity contribution in [3.63, 3.8) is 0 Å². The van der Waals surface area contributed by atoms with E-state index in [1.54, 1.807) is 12.1 Å². The molecule has 0 spiro atoms. The molecule has 0 saturated heterocycles. The van der Waals surface area contributed by atoms with Gasteiger partial charge in [0, 0.05) is 23.1 Å². The summed E-state index contributed by atoms with van der Waals surface area (Å²) in [5.74, 6) is 12.9. The molecule has 0 amide bonds. The largest absolute Gasteiger partial charge is 0.423 e. The minimum atomic E-state index is -0.346. The number of hydrogen-bond acceptors (Lipinski definition) is 2. The Labute approximate surface area is 217 Å². The molecule has 0 atom stereocenters. The van der Waals surface area contributed by atoms with Gasteiger partial charge in [-0.05, 0) is 85.5 Å². The Bertz CT molecular complexity index is 1200. The molecular weight excluding hydrogens is 440 g/mol. The maximum absolute atomic E-state index is 12.5. The van der Waals surface area contributed by atoms with E-state index in [0.717, 1.165) is 36.0 Å². The summed E-state index contributed by atoms with van der Waals surface area (Å²) in [5, 5.41) is 0. The first-order valence-electron chi connectivity index (χ1n) is 13.2. The molecule has 0 aliphatic heterocycles. The fraction of sp³-hybridized carbons (Fsp3) is 0.324. The zero-order valence-corrected chi connectivity index (χ0v) is 21.6. The topological polar surface area (TPSA) is 26.3 Å². The zero-order chi connectivity index (χ0) is 25.4. The number of carbonyl (C=O) groups excluding carboxylic acids is 1. The van der Waals surface area contributed by atoms with Crippen molar-refractivity contribution in [2.45, 2.75) is 71.6 Å². The Balaban J connectivity index is 1.49.